The van der Waals surface area contributed by atoms with Crippen molar-refractivity contribution < 1.29 is 98.3 Å². The van der Waals surface area contributed by atoms with E-state index < -0.39 is 118 Å². The van der Waals surface area contributed by atoms with Crippen LogP contribution >= 0.6 is 31.3 Å². The quantitative estimate of drug-likeness (QED) is 0.0185. The molecule has 6 unspecified atom stereocenters. The van der Waals surface area contributed by atoms with Gasteiger partial charge in [0.15, 0.2) is 48.1 Å². The maximum absolute atomic E-state index is 13.7. The molecule has 37 nitrogen and oxygen atoms in total. The Balaban J connectivity index is 0.920. The number of hydrogen-bond donors (Lipinski definition) is 11. The third kappa shape index (κ3) is 11.3. The molecule has 2 aliphatic heterocycles. The van der Waals surface area contributed by atoms with Crippen molar-refractivity contribution in [1.82, 2.24) is 53.6 Å². The Hall–Kier alpha value is -5.07. The molecule has 2 aliphatic rings. The number of hydrogen-bond acceptors (Lipinski definition) is 27. The monoisotopic (exact) mass is 1100 g/mol. The average molecular weight is 1100 g/mol. The van der Waals surface area contributed by atoms with Gasteiger partial charge in [0.25, 0.3) is 17.1 Å². The molecule has 8 heterocycles. The SMILES string of the molecule is CNc1ncnc2c1ncn2[C@@H]1O[C@H](COP(=O)(O)OP(=O)(O)OP(=O)(O)OCCOC[n+]2cn(C)c3c(=O)[nH]c(N)nc32)[C@H](OP(=O)(O)OC[C@H]2O[C@@H](n3cnc4c(=O)[nH]c(N)nc43)C(O)[C@H]2O)C1OC. The van der Waals surface area contributed by atoms with Crippen molar-refractivity contribution in [1.29, 1.82) is 0 Å². The standard InChI is InChI=1S/C31H43N15O22P4/c1-34-22-15-23(36-8-35-22)45(9-37-15)29-21(59-3)20(66-69(51,52)62-6-13-18(47)19(48)28(64-13)46-10-38-16-24(46)39-30(32)41-26(16)49)14(65-29)7-63-71(55,56)68-72(57,58)67-70(53,54)61-5-4-60-12-44-11-43(2)17-25(44)40-31(33)42-27(17)50/h8-11,13-14,18-21,28-29,47-48H,4-7,12H2,1-3H3,(H10-,32,33,34,35,36,39,40,41,42,49,50,51,52,53,54,55,56,57,58)/p+1/t13-,14-,18+,19?,20+,21?,28-,29-/m1/s1. The van der Waals surface area contributed by atoms with Gasteiger partial charge in [-0.1, -0.05) is 4.98 Å². The summed E-state index contributed by atoms with van der Waals surface area (Å²) in [5, 5.41) is 24.5. The van der Waals surface area contributed by atoms with E-state index in [1.54, 1.807) is 14.1 Å². The molecular formula is C31H44N15O22P4+. The highest BCUT2D eigenvalue weighted by molar-refractivity contribution is 7.66. The van der Waals surface area contributed by atoms with Gasteiger partial charge in [-0.3, -0.25) is 51.4 Å². The van der Waals surface area contributed by atoms with Crippen LogP contribution in [-0.4, -0.2) is 161 Å². The Bertz CT molecular complexity index is 3300. The van der Waals surface area contributed by atoms with Crippen molar-refractivity contribution >= 4 is 82.5 Å². The second-order valence-corrected chi connectivity index (χ2v) is 21.3. The van der Waals surface area contributed by atoms with Gasteiger partial charge in [0, 0.05) is 14.2 Å². The lowest BCUT2D eigenvalue weighted by Gasteiger charge is -2.26. The van der Waals surface area contributed by atoms with Crippen molar-refractivity contribution in [2.24, 2.45) is 7.05 Å². The Labute approximate surface area is 400 Å². The summed E-state index contributed by atoms with van der Waals surface area (Å²) in [6, 6.07) is 0. The van der Waals surface area contributed by atoms with E-state index in [9.17, 15) is 57.6 Å². The van der Waals surface area contributed by atoms with Crippen LogP contribution in [0, 0.1) is 0 Å². The van der Waals surface area contributed by atoms with Gasteiger partial charge in [0.1, 0.15) is 48.5 Å². The first kappa shape index (κ1) is 53.2. The Kier molecular flexibility index (Phi) is 15.3. The number of aliphatic hydroxyl groups excluding tert-OH is 2. The van der Waals surface area contributed by atoms with E-state index in [2.05, 4.69) is 58.3 Å². The maximum atomic E-state index is 13.7. The van der Waals surface area contributed by atoms with Crippen LogP contribution in [0.25, 0.3) is 33.5 Å². The molecule has 12 atom stereocenters. The average Bonchev–Trinajstić information content (AvgIpc) is 4.11. The number of aryl methyl sites for hydroxylation is 1. The number of nitrogens with one attached hydrogen (secondary N) is 3. The first-order chi connectivity index (χ1) is 33.9. The number of rotatable bonds is 22. The van der Waals surface area contributed by atoms with Crippen LogP contribution in [0.3, 0.4) is 0 Å². The molecule has 6 aromatic heterocycles. The number of imidazole rings is 3. The van der Waals surface area contributed by atoms with Gasteiger partial charge in [-0.15, -0.1) is 0 Å². The number of phosphoric acid groups is 4. The molecule has 0 spiro atoms. The molecule has 394 valence electrons. The number of H-pyrrole nitrogens is 2. The van der Waals surface area contributed by atoms with Gasteiger partial charge < -0.3 is 65.5 Å². The maximum Gasteiger partial charge on any atom is 0.490 e. The lowest BCUT2D eigenvalue weighted by atomic mass is 10.1. The summed E-state index contributed by atoms with van der Waals surface area (Å²) < 4.78 is 109. The van der Waals surface area contributed by atoms with Crippen LogP contribution in [0.2, 0.25) is 0 Å². The zero-order valence-electron chi connectivity index (χ0n) is 37.1. The largest absolute Gasteiger partial charge is 0.490 e. The topological polar surface area (TPSA) is 508 Å². The molecular weight excluding hydrogens is 1060 g/mol. The lowest BCUT2D eigenvalue weighted by molar-refractivity contribution is -0.711. The number of anilines is 3. The second kappa shape index (κ2) is 20.7. The predicted octanol–water partition coefficient (Wildman–Crippen LogP) is -2.90. The zero-order valence-corrected chi connectivity index (χ0v) is 40.7. The summed E-state index contributed by atoms with van der Waals surface area (Å²) in [5.74, 6) is -0.211. The Morgan fingerprint density at radius 3 is 2.10 bits per heavy atom. The Morgan fingerprint density at radius 1 is 0.764 bits per heavy atom. The first-order valence-electron chi connectivity index (χ1n) is 20.4. The van der Waals surface area contributed by atoms with E-state index >= 15 is 0 Å². The fourth-order valence-corrected chi connectivity index (χ4v) is 12.0. The normalized spacial score (nSPS) is 26.0. The molecule has 0 aliphatic carbocycles. The fraction of sp³-hybridized carbons (Fsp3) is 0.516. The number of ether oxygens (including phenoxy) is 4. The van der Waals surface area contributed by atoms with Crippen LogP contribution in [0.15, 0.2) is 34.9 Å². The number of aliphatic hydroxyl groups is 2. The smallest absolute Gasteiger partial charge is 0.387 e. The summed E-state index contributed by atoms with van der Waals surface area (Å²) in [5.41, 5.74) is 10.3. The fourth-order valence-electron chi connectivity index (χ4n) is 7.51. The molecule has 0 saturated carbocycles. The molecule has 6 aromatic rings. The highest BCUT2D eigenvalue weighted by Gasteiger charge is 2.53. The van der Waals surface area contributed by atoms with Crippen molar-refractivity contribution in [3.05, 3.63) is 46.0 Å². The van der Waals surface area contributed by atoms with E-state index in [4.69, 9.17) is 44.0 Å². The number of nitrogen functional groups attached to an aromatic ring is 2. The van der Waals surface area contributed by atoms with Crippen molar-refractivity contribution in [3.8, 4) is 0 Å². The zero-order chi connectivity index (χ0) is 52.1. The van der Waals surface area contributed by atoms with Crippen LogP contribution in [0.5, 0.6) is 0 Å². The number of methoxy groups -OCH3 is 1. The van der Waals surface area contributed by atoms with Crippen molar-refractivity contribution in [2.45, 2.75) is 55.8 Å². The highest BCUT2D eigenvalue weighted by atomic mass is 31.3. The lowest BCUT2D eigenvalue weighted by Crippen LogP contribution is -2.38. The van der Waals surface area contributed by atoms with Gasteiger partial charge in [0.05, 0.1) is 46.1 Å². The molecule has 8 rings (SSSR count). The molecule has 2 saturated heterocycles. The number of aromatic nitrogens is 12. The van der Waals surface area contributed by atoms with Crippen LogP contribution in [0.4, 0.5) is 17.7 Å². The number of nitrogens with two attached hydrogens (primary N) is 2. The van der Waals surface area contributed by atoms with Crippen LogP contribution in [-0.2, 0) is 77.7 Å². The van der Waals surface area contributed by atoms with Crippen molar-refractivity contribution in [2.75, 3.05) is 57.4 Å². The minimum Gasteiger partial charge on any atom is -0.387 e. The van der Waals surface area contributed by atoms with Gasteiger partial charge >= 0.3 is 36.9 Å². The van der Waals surface area contributed by atoms with Gasteiger partial charge in [-0.25, -0.2) is 42.8 Å². The van der Waals surface area contributed by atoms with Gasteiger partial charge in [0.2, 0.25) is 11.5 Å². The van der Waals surface area contributed by atoms with Crippen LogP contribution < -0.4 is 32.5 Å². The minimum absolute atomic E-state index is 0.111. The van der Waals surface area contributed by atoms with Gasteiger partial charge in [-0.05, 0) is 0 Å². The molecule has 41 heteroatoms. The highest BCUT2D eigenvalue weighted by Crippen LogP contribution is 2.68. The predicted molar refractivity (Wildman–Crippen MR) is 234 cm³/mol. The van der Waals surface area contributed by atoms with E-state index in [0.717, 1.165) is 18.0 Å². The molecule has 13 N–H and O–H groups in total. The van der Waals surface area contributed by atoms with E-state index in [1.807, 2.05) is 0 Å². The van der Waals surface area contributed by atoms with Gasteiger partial charge in [-0.2, -0.15) is 13.6 Å². The summed E-state index contributed by atoms with van der Waals surface area (Å²) >= 11 is 0. The second-order valence-electron chi connectivity index (χ2n) is 15.3. The van der Waals surface area contributed by atoms with E-state index in [1.165, 1.54) is 32.7 Å². The number of nitrogens with zero attached hydrogens (tertiary/aromatic N) is 10. The molecule has 72 heavy (non-hydrogen) atoms. The summed E-state index contributed by atoms with van der Waals surface area (Å²) in [6.07, 6.45) is -8.18. The summed E-state index contributed by atoms with van der Waals surface area (Å²) in [6.45, 7) is -3.67. The number of fused-ring (bicyclic) bond motifs is 3. The number of aromatic amines is 2. The molecule has 0 bridgehead atoms. The van der Waals surface area contributed by atoms with E-state index in [0.29, 0.717) is 0 Å². The van der Waals surface area contributed by atoms with Crippen LogP contribution in [0.1, 0.15) is 12.5 Å². The van der Waals surface area contributed by atoms with E-state index in [-0.39, 0.29) is 57.9 Å². The minimum atomic E-state index is -6.04. The molecule has 2 fully saturated rings. The third-order valence-electron chi connectivity index (χ3n) is 10.5. The molecule has 0 amide bonds. The Morgan fingerprint density at radius 2 is 1.39 bits per heavy atom. The van der Waals surface area contributed by atoms with Crippen molar-refractivity contribution in [3.63, 3.8) is 0 Å². The molecule has 0 radical (unpaired) electrons. The molecule has 0 aromatic carbocycles. The summed E-state index contributed by atoms with van der Waals surface area (Å²) in [4.78, 5) is 95.6. The number of phosphoric ester groups is 3. The first-order valence-corrected chi connectivity index (χ1v) is 26.3. The third-order valence-corrected chi connectivity index (χ3v) is 15.8. The summed E-state index contributed by atoms with van der Waals surface area (Å²) in [7, 11) is -18.7.